The van der Waals surface area contributed by atoms with Crippen LogP contribution in [-0.4, -0.2) is 31.3 Å². The van der Waals surface area contributed by atoms with Crippen LogP contribution < -0.4 is 11.2 Å². The van der Waals surface area contributed by atoms with Gasteiger partial charge in [-0.05, 0) is 12.8 Å². The van der Waals surface area contributed by atoms with Gasteiger partial charge in [-0.15, -0.1) is 0 Å². The Morgan fingerprint density at radius 2 is 2.04 bits per heavy atom. The van der Waals surface area contributed by atoms with Crippen molar-refractivity contribution in [2.45, 2.75) is 25.5 Å². The first-order valence-corrected chi connectivity index (χ1v) is 9.03. The van der Waals surface area contributed by atoms with E-state index in [2.05, 4.69) is 0 Å². The van der Waals surface area contributed by atoms with Crippen molar-refractivity contribution in [3.05, 3.63) is 61.4 Å². The fourth-order valence-corrected chi connectivity index (χ4v) is 3.82. The number of benzene rings is 1. The van der Waals surface area contributed by atoms with Crippen molar-refractivity contribution in [3.8, 4) is 11.3 Å². The molecule has 1 atom stereocenters. The molecule has 4 rings (SSSR count). The van der Waals surface area contributed by atoms with Gasteiger partial charge in [0.15, 0.2) is 0 Å². The maximum Gasteiger partial charge on any atom is 0.330 e. The Balaban J connectivity index is 2.03. The molecule has 1 aromatic carbocycles. The van der Waals surface area contributed by atoms with Gasteiger partial charge in [-0.25, -0.2) is 4.79 Å². The number of ether oxygens (including phenoxy) is 1. The summed E-state index contributed by atoms with van der Waals surface area (Å²) in [5, 5.41) is 11.6. The van der Waals surface area contributed by atoms with Gasteiger partial charge in [0.05, 0.1) is 27.6 Å². The molecule has 0 N–H and O–H groups in total. The molecule has 1 saturated heterocycles. The van der Waals surface area contributed by atoms with Crippen molar-refractivity contribution < 1.29 is 9.66 Å². The lowest BCUT2D eigenvalue weighted by Crippen LogP contribution is -2.36. The van der Waals surface area contributed by atoms with E-state index >= 15 is 0 Å². The Labute approximate surface area is 159 Å². The first-order chi connectivity index (χ1) is 13.4. The average molecular weight is 384 g/mol. The van der Waals surface area contributed by atoms with Crippen LogP contribution in [-0.2, 0) is 25.4 Å². The van der Waals surface area contributed by atoms with Gasteiger partial charge >= 0.3 is 5.69 Å². The molecule has 0 aliphatic carbocycles. The zero-order valence-electron chi connectivity index (χ0n) is 15.6. The van der Waals surface area contributed by atoms with E-state index in [1.807, 2.05) is 4.57 Å². The molecular formula is C19H20N4O5. The standard InChI is InChI=1S/C19H20N4O5/c1-20-15-11-22(10-14-7-4-8-28-14)17(16(15)18(24)21(2)19(20)25)12-5-3-6-13(9-12)23(26)27/h3,5-6,9,11,14H,4,7-8,10H2,1-2H3/t14-/m1/s1. The van der Waals surface area contributed by atoms with Crippen molar-refractivity contribution in [1.29, 1.82) is 0 Å². The number of fused-ring (bicyclic) bond motifs is 1. The van der Waals surface area contributed by atoms with Crippen LogP contribution in [0.2, 0.25) is 0 Å². The Bertz CT molecular complexity index is 1200. The summed E-state index contributed by atoms with van der Waals surface area (Å²) in [6.45, 7) is 1.20. The van der Waals surface area contributed by atoms with Crippen LogP contribution in [0.4, 0.5) is 5.69 Å². The molecule has 9 nitrogen and oxygen atoms in total. The summed E-state index contributed by atoms with van der Waals surface area (Å²) < 4.78 is 10.1. The maximum absolute atomic E-state index is 12.9. The highest BCUT2D eigenvalue weighted by molar-refractivity contribution is 5.94. The number of nitro benzene ring substituents is 1. The Morgan fingerprint density at radius 3 is 2.71 bits per heavy atom. The molecule has 1 fully saturated rings. The van der Waals surface area contributed by atoms with Crippen LogP contribution in [0.1, 0.15) is 12.8 Å². The second-order valence-electron chi connectivity index (χ2n) is 7.04. The number of aromatic nitrogens is 3. The maximum atomic E-state index is 12.9. The fourth-order valence-electron chi connectivity index (χ4n) is 3.82. The average Bonchev–Trinajstić information content (AvgIpc) is 3.33. The third-order valence-electron chi connectivity index (χ3n) is 5.27. The second kappa shape index (κ2) is 6.75. The predicted molar refractivity (Wildman–Crippen MR) is 103 cm³/mol. The quantitative estimate of drug-likeness (QED) is 0.504. The van der Waals surface area contributed by atoms with Gasteiger partial charge in [-0.1, -0.05) is 12.1 Å². The molecule has 0 amide bonds. The summed E-state index contributed by atoms with van der Waals surface area (Å²) in [4.78, 5) is 36.1. The number of aryl methyl sites for hydroxylation is 1. The molecule has 1 aliphatic rings. The van der Waals surface area contributed by atoms with E-state index in [1.54, 1.807) is 25.4 Å². The topological polar surface area (TPSA) is 101 Å². The number of nitrogens with zero attached hydrogens (tertiary/aromatic N) is 4. The minimum Gasteiger partial charge on any atom is -0.376 e. The summed E-state index contributed by atoms with van der Waals surface area (Å²) in [6, 6.07) is 6.19. The van der Waals surface area contributed by atoms with Crippen LogP contribution in [0, 0.1) is 10.1 Å². The van der Waals surface area contributed by atoms with Crippen LogP contribution in [0.15, 0.2) is 40.1 Å². The van der Waals surface area contributed by atoms with E-state index in [0.717, 1.165) is 17.4 Å². The van der Waals surface area contributed by atoms with Gasteiger partial charge in [-0.2, -0.15) is 0 Å². The molecule has 2 aromatic heterocycles. The largest absolute Gasteiger partial charge is 0.376 e. The highest BCUT2D eigenvalue weighted by Gasteiger charge is 2.23. The molecular weight excluding hydrogens is 364 g/mol. The monoisotopic (exact) mass is 384 g/mol. The number of rotatable bonds is 4. The number of nitro groups is 1. The highest BCUT2D eigenvalue weighted by atomic mass is 16.6. The van der Waals surface area contributed by atoms with Crippen LogP contribution in [0.5, 0.6) is 0 Å². The molecule has 146 valence electrons. The van der Waals surface area contributed by atoms with Gasteiger partial charge in [0.1, 0.15) is 0 Å². The molecule has 0 radical (unpaired) electrons. The zero-order valence-corrected chi connectivity index (χ0v) is 15.6. The molecule has 0 spiro atoms. The Hall–Kier alpha value is -3.20. The summed E-state index contributed by atoms with van der Waals surface area (Å²) in [6.07, 6.45) is 3.63. The van der Waals surface area contributed by atoms with Crippen LogP contribution in [0.25, 0.3) is 22.2 Å². The molecule has 28 heavy (non-hydrogen) atoms. The van der Waals surface area contributed by atoms with Crippen molar-refractivity contribution in [3.63, 3.8) is 0 Å². The normalized spacial score (nSPS) is 16.7. The fraction of sp³-hybridized carbons (Fsp3) is 0.368. The highest BCUT2D eigenvalue weighted by Crippen LogP contribution is 2.31. The van der Waals surface area contributed by atoms with Crippen molar-refractivity contribution in [2.24, 2.45) is 14.1 Å². The predicted octanol–water partition coefficient (Wildman–Crippen LogP) is 1.79. The zero-order chi connectivity index (χ0) is 20.0. The van der Waals surface area contributed by atoms with E-state index in [4.69, 9.17) is 4.74 Å². The number of hydrogen-bond donors (Lipinski definition) is 0. The van der Waals surface area contributed by atoms with Crippen LogP contribution in [0.3, 0.4) is 0 Å². The lowest BCUT2D eigenvalue weighted by Gasteiger charge is -2.14. The van der Waals surface area contributed by atoms with Gasteiger partial charge in [0.25, 0.3) is 11.2 Å². The van der Waals surface area contributed by atoms with E-state index < -0.39 is 16.2 Å². The number of hydrogen-bond acceptors (Lipinski definition) is 5. The van der Waals surface area contributed by atoms with E-state index in [9.17, 15) is 19.7 Å². The first-order valence-electron chi connectivity index (χ1n) is 9.03. The van der Waals surface area contributed by atoms with Gasteiger partial charge in [0, 0.05) is 51.1 Å². The van der Waals surface area contributed by atoms with Crippen molar-refractivity contribution in [2.75, 3.05) is 6.61 Å². The SMILES string of the molecule is Cn1c(=O)c2c(-c3cccc([N+](=O)[O-])c3)n(C[C@H]3CCCO3)cc2n(C)c1=O. The molecule has 3 aromatic rings. The Kier molecular flexibility index (Phi) is 4.38. The van der Waals surface area contributed by atoms with Crippen molar-refractivity contribution in [1.82, 2.24) is 13.7 Å². The lowest BCUT2D eigenvalue weighted by atomic mass is 10.1. The van der Waals surface area contributed by atoms with Gasteiger partial charge in [0.2, 0.25) is 0 Å². The Morgan fingerprint density at radius 1 is 1.25 bits per heavy atom. The molecule has 0 saturated carbocycles. The minimum atomic E-state index is -0.465. The van der Waals surface area contributed by atoms with Gasteiger partial charge in [-0.3, -0.25) is 24.0 Å². The van der Waals surface area contributed by atoms with E-state index in [-0.39, 0.29) is 11.8 Å². The molecule has 0 bridgehead atoms. The van der Waals surface area contributed by atoms with E-state index in [0.29, 0.717) is 35.3 Å². The molecule has 1 aliphatic heterocycles. The smallest absolute Gasteiger partial charge is 0.330 e. The third-order valence-corrected chi connectivity index (χ3v) is 5.27. The minimum absolute atomic E-state index is 0.000130. The summed E-state index contributed by atoms with van der Waals surface area (Å²) in [5.74, 6) is 0. The molecule has 0 unspecified atom stereocenters. The second-order valence-corrected chi connectivity index (χ2v) is 7.04. The van der Waals surface area contributed by atoms with Crippen LogP contribution >= 0.6 is 0 Å². The van der Waals surface area contributed by atoms with E-state index in [1.165, 1.54) is 23.7 Å². The van der Waals surface area contributed by atoms with Gasteiger partial charge < -0.3 is 9.30 Å². The first kappa shape index (κ1) is 18.2. The lowest BCUT2D eigenvalue weighted by molar-refractivity contribution is -0.384. The molecule has 3 heterocycles. The number of non-ortho nitro benzene ring substituents is 1. The summed E-state index contributed by atoms with van der Waals surface area (Å²) >= 11 is 0. The third kappa shape index (κ3) is 2.84. The summed E-state index contributed by atoms with van der Waals surface area (Å²) in [5.41, 5.74) is 0.705. The van der Waals surface area contributed by atoms with Crippen molar-refractivity contribution >= 4 is 16.6 Å². The molecule has 9 heteroatoms. The summed E-state index contributed by atoms with van der Waals surface area (Å²) in [7, 11) is 3.04.